The van der Waals surface area contributed by atoms with E-state index in [2.05, 4.69) is 9.72 Å². The SMILES string of the molecule is COC(=O)c1ccnc(Oc2ccccc2CO)c1N. The highest BCUT2D eigenvalue weighted by atomic mass is 16.5. The molecular formula is C14H14N2O4. The van der Waals surface area contributed by atoms with Crippen molar-refractivity contribution in [2.24, 2.45) is 0 Å². The van der Waals surface area contributed by atoms with Gasteiger partial charge in [-0.05, 0) is 12.1 Å². The molecule has 1 aromatic heterocycles. The van der Waals surface area contributed by atoms with Gasteiger partial charge in [-0.2, -0.15) is 0 Å². The van der Waals surface area contributed by atoms with Crippen molar-refractivity contribution in [3.63, 3.8) is 0 Å². The lowest BCUT2D eigenvalue weighted by atomic mass is 10.2. The quantitative estimate of drug-likeness (QED) is 0.824. The Balaban J connectivity index is 2.37. The molecule has 6 nitrogen and oxygen atoms in total. The van der Waals surface area contributed by atoms with Gasteiger partial charge in [-0.25, -0.2) is 9.78 Å². The van der Waals surface area contributed by atoms with E-state index in [0.717, 1.165) is 0 Å². The lowest BCUT2D eigenvalue weighted by Crippen LogP contribution is -2.07. The van der Waals surface area contributed by atoms with Crippen molar-refractivity contribution in [1.82, 2.24) is 4.98 Å². The van der Waals surface area contributed by atoms with Crippen LogP contribution in [-0.2, 0) is 11.3 Å². The van der Waals surface area contributed by atoms with E-state index in [4.69, 9.17) is 10.5 Å². The highest BCUT2D eigenvalue weighted by Crippen LogP contribution is 2.30. The summed E-state index contributed by atoms with van der Waals surface area (Å²) in [6.45, 7) is -0.174. The smallest absolute Gasteiger partial charge is 0.340 e. The van der Waals surface area contributed by atoms with Gasteiger partial charge in [-0.15, -0.1) is 0 Å². The molecule has 1 heterocycles. The number of esters is 1. The molecule has 2 rings (SSSR count). The topological polar surface area (TPSA) is 94.7 Å². The van der Waals surface area contributed by atoms with Crippen molar-refractivity contribution in [3.8, 4) is 11.6 Å². The number of ether oxygens (including phenoxy) is 2. The standard InChI is InChI=1S/C14H14N2O4/c1-19-14(18)10-6-7-16-13(12(10)15)20-11-5-3-2-4-9(11)8-17/h2-7,17H,8,15H2,1H3. The van der Waals surface area contributed by atoms with E-state index >= 15 is 0 Å². The Kier molecular flexibility index (Phi) is 4.17. The van der Waals surface area contributed by atoms with Crippen molar-refractivity contribution in [2.45, 2.75) is 6.61 Å². The van der Waals surface area contributed by atoms with E-state index in [1.54, 1.807) is 24.3 Å². The molecule has 20 heavy (non-hydrogen) atoms. The number of nitrogens with zero attached hydrogens (tertiary/aromatic N) is 1. The Labute approximate surface area is 115 Å². The summed E-state index contributed by atoms with van der Waals surface area (Å²) >= 11 is 0. The zero-order valence-electron chi connectivity index (χ0n) is 10.9. The number of nitrogen functional groups attached to an aromatic ring is 1. The molecule has 2 aromatic rings. The summed E-state index contributed by atoms with van der Waals surface area (Å²) in [7, 11) is 1.27. The second kappa shape index (κ2) is 6.03. The predicted octanol–water partition coefficient (Wildman–Crippen LogP) is 1.73. The van der Waals surface area contributed by atoms with Gasteiger partial charge in [0.15, 0.2) is 0 Å². The number of aromatic nitrogens is 1. The highest BCUT2D eigenvalue weighted by Gasteiger charge is 2.16. The minimum Gasteiger partial charge on any atom is -0.465 e. The second-order valence-corrected chi connectivity index (χ2v) is 3.94. The molecule has 0 aliphatic heterocycles. The Hall–Kier alpha value is -2.60. The molecule has 0 spiro atoms. The van der Waals surface area contributed by atoms with E-state index in [9.17, 15) is 9.90 Å². The van der Waals surface area contributed by atoms with Crippen LogP contribution < -0.4 is 10.5 Å². The predicted molar refractivity (Wildman–Crippen MR) is 72.4 cm³/mol. The molecule has 1 aromatic carbocycles. The third-order valence-corrected chi connectivity index (χ3v) is 2.71. The highest BCUT2D eigenvalue weighted by molar-refractivity contribution is 5.96. The summed E-state index contributed by atoms with van der Waals surface area (Å²) in [6.07, 6.45) is 1.40. The fourth-order valence-electron chi connectivity index (χ4n) is 1.66. The molecule has 0 unspecified atom stereocenters. The number of methoxy groups -OCH3 is 1. The molecule has 3 N–H and O–H groups in total. The number of aliphatic hydroxyl groups is 1. The fraction of sp³-hybridized carbons (Fsp3) is 0.143. The Morgan fingerprint density at radius 2 is 2.10 bits per heavy atom. The van der Waals surface area contributed by atoms with Crippen LogP contribution in [0.2, 0.25) is 0 Å². The van der Waals surface area contributed by atoms with Crippen LogP contribution in [0.25, 0.3) is 0 Å². The van der Waals surface area contributed by atoms with Crippen LogP contribution in [0.1, 0.15) is 15.9 Å². The largest absolute Gasteiger partial charge is 0.465 e. The molecule has 0 amide bonds. The first-order valence-electron chi connectivity index (χ1n) is 5.86. The lowest BCUT2D eigenvalue weighted by molar-refractivity contribution is 0.0601. The Bertz CT molecular complexity index is 628. The minimum atomic E-state index is -0.565. The lowest BCUT2D eigenvalue weighted by Gasteiger charge is -2.11. The van der Waals surface area contributed by atoms with Gasteiger partial charge in [0.1, 0.15) is 11.4 Å². The molecule has 6 heteroatoms. The number of hydrogen-bond donors (Lipinski definition) is 2. The van der Waals surface area contributed by atoms with Crippen LogP contribution in [0.15, 0.2) is 36.5 Å². The normalized spacial score (nSPS) is 10.1. The van der Waals surface area contributed by atoms with Crippen molar-refractivity contribution >= 4 is 11.7 Å². The molecule has 0 saturated heterocycles. The Morgan fingerprint density at radius 1 is 1.35 bits per heavy atom. The van der Waals surface area contributed by atoms with Gasteiger partial charge in [0.05, 0.1) is 19.3 Å². The summed E-state index contributed by atoms with van der Waals surface area (Å²) in [6, 6.07) is 8.38. The zero-order chi connectivity index (χ0) is 14.5. The van der Waals surface area contributed by atoms with Crippen LogP contribution in [0.4, 0.5) is 5.69 Å². The molecule has 0 aliphatic carbocycles. The van der Waals surface area contributed by atoms with Gasteiger partial charge >= 0.3 is 5.97 Å². The molecule has 0 fully saturated rings. The molecule has 0 bridgehead atoms. The van der Waals surface area contributed by atoms with Crippen molar-refractivity contribution in [3.05, 3.63) is 47.7 Å². The third-order valence-electron chi connectivity index (χ3n) is 2.71. The maximum atomic E-state index is 11.5. The van der Waals surface area contributed by atoms with Crippen LogP contribution in [0.5, 0.6) is 11.6 Å². The zero-order valence-corrected chi connectivity index (χ0v) is 10.9. The summed E-state index contributed by atoms with van der Waals surface area (Å²) in [5.74, 6) is -0.0461. The number of para-hydroxylation sites is 1. The minimum absolute atomic E-state index is 0.0899. The third kappa shape index (κ3) is 2.70. The summed E-state index contributed by atoms with van der Waals surface area (Å²) in [4.78, 5) is 15.5. The summed E-state index contributed by atoms with van der Waals surface area (Å²) < 4.78 is 10.2. The van der Waals surface area contributed by atoms with Crippen LogP contribution >= 0.6 is 0 Å². The van der Waals surface area contributed by atoms with Gasteiger partial charge in [-0.1, -0.05) is 18.2 Å². The van der Waals surface area contributed by atoms with Gasteiger partial charge in [0.25, 0.3) is 0 Å². The average Bonchev–Trinajstić information content (AvgIpc) is 2.49. The summed E-state index contributed by atoms with van der Waals surface area (Å²) in [5.41, 5.74) is 6.71. The number of hydrogen-bond acceptors (Lipinski definition) is 6. The number of benzene rings is 1. The number of carbonyl (C=O) groups excluding carboxylic acids is 1. The first-order valence-corrected chi connectivity index (χ1v) is 5.86. The fourth-order valence-corrected chi connectivity index (χ4v) is 1.66. The van der Waals surface area contributed by atoms with Crippen molar-refractivity contribution in [1.29, 1.82) is 0 Å². The molecule has 0 atom stereocenters. The van der Waals surface area contributed by atoms with Gasteiger partial charge in [0, 0.05) is 11.8 Å². The van der Waals surface area contributed by atoms with Crippen LogP contribution in [-0.4, -0.2) is 23.2 Å². The van der Waals surface area contributed by atoms with E-state index in [1.807, 2.05) is 0 Å². The van der Waals surface area contributed by atoms with Gasteiger partial charge < -0.3 is 20.3 Å². The molecule has 104 valence electrons. The second-order valence-electron chi connectivity index (χ2n) is 3.94. The van der Waals surface area contributed by atoms with E-state index in [-0.39, 0.29) is 23.7 Å². The number of nitrogens with two attached hydrogens (primary N) is 1. The maximum absolute atomic E-state index is 11.5. The van der Waals surface area contributed by atoms with Crippen molar-refractivity contribution < 1.29 is 19.4 Å². The molecule has 0 aliphatic rings. The van der Waals surface area contributed by atoms with Gasteiger partial charge in [-0.3, -0.25) is 0 Å². The van der Waals surface area contributed by atoms with E-state index in [1.165, 1.54) is 19.4 Å². The maximum Gasteiger partial charge on any atom is 0.340 e. The molecule has 0 radical (unpaired) electrons. The van der Waals surface area contributed by atoms with E-state index in [0.29, 0.717) is 11.3 Å². The van der Waals surface area contributed by atoms with Crippen molar-refractivity contribution in [2.75, 3.05) is 12.8 Å². The summed E-state index contributed by atoms with van der Waals surface area (Å²) in [5, 5.41) is 9.24. The Morgan fingerprint density at radius 3 is 2.80 bits per heavy atom. The average molecular weight is 274 g/mol. The number of pyridine rings is 1. The monoisotopic (exact) mass is 274 g/mol. The van der Waals surface area contributed by atoms with Crippen LogP contribution in [0, 0.1) is 0 Å². The molecule has 0 saturated carbocycles. The first kappa shape index (κ1) is 13.8. The number of aliphatic hydroxyl groups excluding tert-OH is 1. The first-order chi connectivity index (χ1) is 9.67. The number of rotatable bonds is 4. The molecular weight excluding hydrogens is 260 g/mol. The van der Waals surface area contributed by atoms with Crippen LogP contribution in [0.3, 0.4) is 0 Å². The number of anilines is 1. The number of carbonyl (C=O) groups is 1. The van der Waals surface area contributed by atoms with E-state index < -0.39 is 5.97 Å². The van der Waals surface area contributed by atoms with Gasteiger partial charge in [0.2, 0.25) is 5.88 Å².